The van der Waals surface area contributed by atoms with Crippen LogP contribution in [0.4, 0.5) is 10.5 Å². The first kappa shape index (κ1) is 16.0. The molecule has 0 bridgehead atoms. The van der Waals surface area contributed by atoms with Gasteiger partial charge in [-0.05, 0) is 25.1 Å². The van der Waals surface area contributed by atoms with Crippen molar-refractivity contribution in [3.63, 3.8) is 0 Å². The lowest BCUT2D eigenvalue weighted by Crippen LogP contribution is -2.28. The molecule has 0 radical (unpaired) electrons. The molecule has 0 saturated carbocycles. The average Bonchev–Trinajstić information content (AvgIpc) is 3.10. The molecule has 0 aliphatic heterocycles. The number of aryl methyl sites for hydroxylation is 1. The van der Waals surface area contributed by atoms with Crippen LogP contribution in [0.2, 0.25) is 0 Å². The summed E-state index contributed by atoms with van der Waals surface area (Å²) in [6, 6.07) is 5.03. The SMILES string of the molecule is Cc1ncoc1CNC(=O)Nc1ccc2oc(C(C)(C)C)nc2c1. The highest BCUT2D eigenvalue weighted by Crippen LogP contribution is 2.27. The number of nitrogens with zero attached hydrogens (tertiary/aromatic N) is 2. The second-order valence-corrected chi connectivity index (χ2v) is 6.62. The zero-order valence-corrected chi connectivity index (χ0v) is 14.1. The van der Waals surface area contributed by atoms with Crippen molar-refractivity contribution in [3.8, 4) is 0 Å². The highest BCUT2D eigenvalue weighted by Gasteiger charge is 2.21. The van der Waals surface area contributed by atoms with Gasteiger partial charge in [-0.2, -0.15) is 0 Å². The van der Waals surface area contributed by atoms with E-state index in [2.05, 4.69) is 20.6 Å². The summed E-state index contributed by atoms with van der Waals surface area (Å²) in [7, 11) is 0. The van der Waals surface area contributed by atoms with Gasteiger partial charge in [-0.25, -0.2) is 14.8 Å². The lowest BCUT2D eigenvalue weighted by molar-refractivity contribution is 0.251. The fraction of sp³-hybridized carbons (Fsp3) is 0.353. The van der Waals surface area contributed by atoms with Crippen molar-refractivity contribution in [2.75, 3.05) is 5.32 Å². The number of fused-ring (bicyclic) bond motifs is 1. The first-order valence-corrected chi connectivity index (χ1v) is 7.68. The molecule has 2 heterocycles. The van der Waals surface area contributed by atoms with Gasteiger partial charge in [0.25, 0.3) is 0 Å². The highest BCUT2D eigenvalue weighted by molar-refractivity contribution is 5.91. The molecule has 2 amide bonds. The number of oxazole rings is 2. The Morgan fingerprint density at radius 2 is 2.08 bits per heavy atom. The Hall–Kier alpha value is -2.83. The van der Waals surface area contributed by atoms with Crippen molar-refractivity contribution < 1.29 is 13.6 Å². The highest BCUT2D eigenvalue weighted by atomic mass is 16.4. The first-order valence-electron chi connectivity index (χ1n) is 7.68. The number of amides is 2. The number of hydrogen-bond acceptors (Lipinski definition) is 5. The normalized spacial score (nSPS) is 11.7. The minimum Gasteiger partial charge on any atom is -0.446 e. The van der Waals surface area contributed by atoms with Crippen molar-refractivity contribution in [2.24, 2.45) is 0 Å². The summed E-state index contributed by atoms with van der Waals surface area (Å²) in [5, 5.41) is 5.49. The molecule has 7 nitrogen and oxygen atoms in total. The van der Waals surface area contributed by atoms with Gasteiger partial charge in [0.2, 0.25) is 5.89 Å². The number of urea groups is 1. The van der Waals surface area contributed by atoms with E-state index in [0.717, 1.165) is 5.69 Å². The molecule has 0 aliphatic rings. The Bertz CT molecular complexity index is 873. The second kappa shape index (κ2) is 5.99. The van der Waals surface area contributed by atoms with Gasteiger partial charge >= 0.3 is 6.03 Å². The predicted molar refractivity (Wildman–Crippen MR) is 89.8 cm³/mol. The molecule has 1 aromatic carbocycles. The van der Waals surface area contributed by atoms with Crippen molar-refractivity contribution in [1.82, 2.24) is 15.3 Å². The third-order valence-corrected chi connectivity index (χ3v) is 3.54. The lowest BCUT2D eigenvalue weighted by atomic mass is 9.97. The van der Waals surface area contributed by atoms with E-state index in [1.165, 1.54) is 6.39 Å². The lowest BCUT2D eigenvalue weighted by Gasteiger charge is -2.11. The zero-order valence-electron chi connectivity index (χ0n) is 14.1. The number of carbonyl (C=O) groups is 1. The molecule has 3 rings (SSSR count). The van der Waals surface area contributed by atoms with Gasteiger partial charge in [-0.15, -0.1) is 0 Å². The Morgan fingerprint density at radius 1 is 1.29 bits per heavy atom. The molecule has 2 aromatic heterocycles. The van der Waals surface area contributed by atoms with Crippen LogP contribution in [-0.2, 0) is 12.0 Å². The van der Waals surface area contributed by atoms with Crippen molar-refractivity contribution in [1.29, 1.82) is 0 Å². The van der Waals surface area contributed by atoms with Crippen LogP contribution in [0.5, 0.6) is 0 Å². The summed E-state index contributed by atoms with van der Waals surface area (Å²) < 4.78 is 10.9. The number of benzene rings is 1. The molecule has 2 N–H and O–H groups in total. The number of hydrogen-bond donors (Lipinski definition) is 2. The summed E-state index contributed by atoms with van der Waals surface area (Å²) in [5.41, 5.74) is 2.64. The maximum atomic E-state index is 12.0. The third kappa shape index (κ3) is 3.40. The number of carbonyl (C=O) groups excluding carboxylic acids is 1. The molecule has 0 fully saturated rings. The van der Waals surface area contributed by atoms with Crippen LogP contribution in [0.25, 0.3) is 11.1 Å². The number of nitrogens with one attached hydrogen (secondary N) is 2. The molecule has 7 heteroatoms. The van der Waals surface area contributed by atoms with Gasteiger partial charge in [0.1, 0.15) is 11.3 Å². The molecular formula is C17H20N4O3. The van der Waals surface area contributed by atoms with E-state index in [-0.39, 0.29) is 18.0 Å². The van der Waals surface area contributed by atoms with Crippen LogP contribution >= 0.6 is 0 Å². The van der Waals surface area contributed by atoms with Gasteiger partial charge in [0.05, 0.1) is 12.2 Å². The van der Waals surface area contributed by atoms with Crippen molar-refractivity contribution in [3.05, 3.63) is 41.9 Å². The zero-order chi connectivity index (χ0) is 17.3. The number of rotatable bonds is 3. The van der Waals surface area contributed by atoms with Crippen molar-refractivity contribution >= 4 is 22.8 Å². The molecule has 126 valence electrons. The van der Waals surface area contributed by atoms with Crippen LogP contribution < -0.4 is 10.6 Å². The molecule has 0 atom stereocenters. The molecule has 0 unspecified atom stereocenters. The molecule has 0 saturated heterocycles. The first-order chi connectivity index (χ1) is 11.3. The van der Waals surface area contributed by atoms with Crippen molar-refractivity contribution in [2.45, 2.75) is 39.7 Å². The Morgan fingerprint density at radius 3 is 2.75 bits per heavy atom. The molecule has 3 aromatic rings. The Kier molecular flexibility index (Phi) is 4.01. The van der Waals surface area contributed by atoms with E-state index in [9.17, 15) is 4.79 Å². The summed E-state index contributed by atoms with van der Waals surface area (Å²) >= 11 is 0. The van der Waals surface area contributed by atoms with Crippen LogP contribution in [0, 0.1) is 6.92 Å². The average molecular weight is 328 g/mol. The summed E-state index contributed by atoms with van der Waals surface area (Å²) in [6.45, 7) is 8.21. The standard InChI is InChI=1S/C17H20N4O3/c1-10-14(23-9-19-10)8-18-16(22)20-11-5-6-13-12(7-11)21-15(24-13)17(2,3)4/h5-7,9H,8H2,1-4H3,(H2,18,20,22). The molecular weight excluding hydrogens is 308 g/mol. The van der Waals surface area contributed by atoms with E-state index in [4.69, 9.17) is 8.83 Å². The van der Waals surface area contributed by atoms with E-state index < -0.39 is 0 Å². The van der Waals surface area contributed by atoms with Crippen LogP contribution in [0.1, 0.15) is 38.1 Å². The molecule has 24 heavy (non-hydrogen) atoms. The summed E-state index contributed by atoms with van der Waals surface area (Å²) in [4.78, 5) is 20.5. The predicted octanol–water partition coefficient (Wildman–Crippen LogP) is 3.74. The smallest absolute Gasteiger partial charge is 0.319 e. The minimum atomic E-state index is -0.329. The molecule has 0 spiro atoms. The monoisotopic (exact) mass is 328 g/mol. The minimum absolute atomic E-state index is 0.168. The van der Waals surface area contributed by atoms with E-state index >= 15 is 0 Å². The van der Waals surface area contributed by atoms with Crippen LogP contribution in [0.15, 0.2) is 33.4 Å². The van der Waals surface area contributed by atoms with Gasteiger partial charge in [0.15, 0.2) is 12.0 Å². The fourth-order valence-electron chi connectivity index (χ4n) is 2.16. The third-order valence-electron chi connectivity index (χ3n) is 3.54. The van der Waals surface area contributed by atoms with Crippen LogP contribution in [-0.4, -0.2) is 16.0 Å². The van der Waals surface area contributed by atoms with E-state index in [1.807, 2.05) is 27.7 Å². The van der Waals surface area contributed by atoms with Gasteiger partial charge in [0, 0.05) is 11.1 Å². The summed E-state index contributed by atoms with van der Waals surface area (Å²) in [5.74, 6) is 1.30. The second-order valence-electron chi connectivity index (χ2n) is 6.62. The van der Waals surface area contributed by atoms with Gasteiger partial charge in [-0.3, -0.25) is 0 Å². The van der Waals surface area contributed by atoms with E-state index in [1.54, 1.807) is 18.2 Å². The van der Waals surface area contributed by atoms with Gasteiger partial charge < -0.3 is 19.5 Å². The maximum Gasteiger partial charge on any atom is 0.319 e. The van der Waals surface area contributed by atoms with E-state index in [0.29, 0.717) is 28.4 Å². The maximum absolute atomic E-state index is 12.0. The fourth-order valence-corrected chi connectivity index (χ4v) is 2.16. The number of anilines is 1. The topological polar surface area (TPSA) is 93.2 Å². The number of aromatic nitrogens is 2. The summed E-state index contributed by atoms with van der Waals surface area (Å²) in [6.07, 6.45) is 1.36. The van der Waals surface area contributed by atoms with Gasteiger partial charge in [-0.1, -0.05) is 20.8 Å². The molecule has 0 aliphatic carbocycles. The quantitative estimate of drug-likeness (QED) is 0.764. The van der Waals surface area contributed by atoms with Crippen LogP contribution in [0.3, 0.4) is 0 Å². The Labute approximate surface area is 139 Å². The Balaban J connectivity index is 1.68. The largest absolute Gasteiger partial charge is 0.446 e.